The Balaban J connectivity index is 1.77. The summed E-state index contributed by atoms with van der Waals surface area (Å²) < 4.78 is 0. The van der Waals surface area contributed by atoms with Gasteiger partial charge in [0.1, 0.15) is 4.99 Å². The average Bonchev–Trinajstić information content (AvgIpc) is 3.18. The van der Waals surface area contributed by atoms with Gasteiger partial charge in [0.15, 0.2) is 0 Å². The number of nitrogens with zero attached hydrogens (tertiary/aromatic N) is 1. The maximum absolute atomic E-state index is 5.62. The predicted molar refractivity (Wildman–Crippen MR) is 75.4 cm³/mol. The molecule has 0 heterocycles. The summed E-state index contributed by atoms with van der Waals surface area (Å²) in [6, 6.07) is 9.19. The fraction of sp³-hybridized carbons (Fsp3) is 0.500. The van der Waals surface area contributed by atoms with Crippen molar-refractivity contribution in [3.63, 3.8) is 0 Å². The summed E-state index contributed by atoms with van der Waals surface area (Å²) in [4.78, 5) is 3.05. The van der Waals surface area contributed by atoms with Crippen molar-refractivity contribution >= 4 is 22.9 Å². The molecule has 0 unspecified atom stereocenters. The highest BCUT2D eigenvalue weighted by molar-refractivity contribution is 7.80. The number of hydrogen-bond acceptors (Lipinski definition) is 2. The Morgan fingerprint density at radius 3 is 2.29 bits per heavy atom. The largest absolute Gasteiger partial charge is 0.389 e. The Labute approximate surface area is 108 Å². The van der Waals surface area contributed by atoms with E-state index in [2.05, 4.69) is 17.0 Å². The van der Waals surface area contributed by atoms with Crippen LogP contribution in [-0.2, 0) is 0 Å². The minimum absolute atomic E-state index is 0.483. The molecule has 2 N–H and O–H groups in total. The van der Waals surface area contributed by atoms with Gasteiger partial charge in [-0.25, -0.2) is 0 Å². The summed E-state index contributed by atoms with van der Waals surface area (Å²) in [5.41, 5.74) is 7.92. The summed E-state index contributed by atoms with van der Waals surface area (Å²) in [6.07, 6.45) is 5.52. The molecule has 17 heavy (non-hydrogen) atoms. The average molecular weight is 246 g/mol. The van der Waals surface area contributed by atoms with E-state index in [9.17, 15) is 0 Å². The van der Waals surface area contributed by atoms with E-state index in [1.54, 1.807) is 0 Å². The van der Waals surface area contributed by atoms with Crippen molar-refractivity contribution in [2.24, 2.45) is 11.7 Å². The monoisotopic (exact) mass is 246 g/mol. The molecule has 0 aliphatic heterocycles. The third-order valence-electron chi connectivity index (χ3n) is 3.62. The molecule has 3 heteroatoms. The second kappa shape index (κ2) is 4.30. The van der Waals surface area contributed by atoms with Crippen LogP contribution in [-0.4, -0.2) is 17.6 Å². The zero-order valence-electron chi connectivity index (χ0n) is 9.93. The van der Waals surface area contributed by atoms with Gasteiger partial charge in [-0.3, -0.25) is 0 Å². The summed E-state index contributed by atoms with van der Waals surface area (Å²) in [5.74, 6) is 0.936. The van der Waals surface area contributed by atoms with Crippen molar-refractivity contribution in [2.45, 2.75) is 31.7 Å². The van der Waals surface area contributed by atoms with Crippen LogP contribution in [0.3, 0.4) is 0 Å². The van der Waals surface area contributed by atoms with Gasteiger partial charge in [-0.2, -0.15) is 0 Å². The Morgan fingerprint density at radius 1 is 1.18 bits per heavy atom. The molecule has 90 valence electrons. The first-order valence-corrected chi connectivity index (χ1v) is 6.81. The van der Waals surface area contributed by atoms with Gasteiger partial charge >= 0.3 is 0 Å². The molecule has 0 bridgehead atoms. The van der Waals surface area contributed by atoms with Crippen LogP contribution in [0.5, 0.6) is 0 Å². The molecular weight excluding hydrogens is 228 g/mol. The fourth-order valence-corrected chi connectivity index (χ4v) is 2.38. The van der Waals surface area contributed by atoms with Gasteiger partial charge in [0.2, 0.25) is 0 Å². The summed E-state index contributed by atoms with van der Waals surface area (Å²) >= 11 is 4.98. The van der Waals surface area contributed by atoms with Crippen molar-refractivity contribution in [3.8, 4) is 0 Å². The Bertz CT molecular complexity index is 418. The highest BCUT2D eigenvalue weighted by Gasteiger charge is 2.33. The summed E-state index contributed by atoms with van der Waals surface area (Å²) in [5, 5.41) is 0. The van der Waals surface area contributed by atoms with Gasteiger partial charge in [0.25, 0.3) is 0 Å². The van der Waals surface area contributed by atoms with Crippen molar-refractivity contribution in [1.29, 1.82) is 0 Å². The normalized spacial score (nSPS) is 19.1. The lowest BCUT2D eigenvalue weighted by Gasteiger charge is -2.24. The van der Waals surface area contributed by atoms with E-state index >= 15 is 0 Å². The van der Waals surface area contributed by atoms with Gasteiger partial charge in [0.05, 0.1) is 0 Å². The molecule has 0 radical (unpaired) electrons. The van der Waals surface area contributed by atoms with Gasteiger partial charge in [-0.05, 0) is 55.9 Å². The standard InChI is InChI=1S/C14H18N2S/c15-14(17)11-3-5-12(6-4-11)16(13-7-8-13)9-10-1-2-10/h3-6,10,13H,1-2,7-9H2,(H2,15,17). The summed E-state index contributed by atoms with van der Waals surface area (Å²) in [6.45, 7) is 1.23. The molecule has 1 aromatic carbocycles. The molecule has 2 nitrogen and oxygen atoms in total. The van der Waals surface area contributed by atoms with Crippen LogP contribution in [0.15, 0.2) is 24.3 Å². The van der Waals surface area contributed by atoms with Gasteiger partial charge in [-0.1, -0.05) is 12.2 Å². The van der Waals surface area contributed by atoms with E-state index in [1.165, 1.54) is 37.9 Å². The lowest BCUT2D eigenvalue weighted by atomic mass is 10.2. The van der Waals surface area contributed by atoms with Gasteiger partial charge in [-0.15, -0.1) is 0 Å². The van der Waals surface area contributed by atoms with Crippen LogP contribution in [0, 0.1) is 5.92 Å². The first-order chi connectivity index (χ1) is 8.24. The highest BCUT2D eigenvalue weighted by Crippen LogP contribution is 2.37. The van der Waals surface area contributed by atoms with Crippen LogP contribution >= 0.6 is 12.2 Å². The second-order valence-corrected chi connectivity index (χ2v) is 5.68. The van der Waals surface area contributed by atoms with Crippen LogP contribution < -0.4 is 10.6 Å². The van der Waals surface area contributed by atoms with E-state index in [0.29, 0.717) is 4.99 Å². The molecule has 2 fully saturated rings. The van der Waals surface area contributed by atoms with Gasteiger partial charge < -0.3 is 10.6 Å². The predicted octanol–water partition coefficient (Wildman–Crippen LogP) is 2.70. The molecule has 2 aliphatic rings. The van der Waals surface area contributed by atoms with Crippen LogP contribution in [0.4, 0.5) is 5.69 Å². The van der Waals surface area contributed by atoms with Crippen LogP contribution in [0.25, 0.3) is 0 Å². The molecule has 0 amide bonds. The molecule has 1 aromatic rings. The van der Waals surface area contributed by atoms with E-state index < -0.39 is 0 Å². The van der Waals surface area contributed by atoms with Crippen molar-refractivity contribution in [2.75, 3.05) is 11.4 Å². The number of thiocarbonyl (C=S) groups is 1. The molecule has 2 saturated carbocycles. The molecule has 0 aromatic heterocycles. The number of anilines is 1. The van der Waals surface area contributed by atoms with E-state index in [4.69, 9.17) is 18.0 Å². The molecule has 2 aliphatic carbocycles. The van der Waals surface area contributed by atoms with Crippen LogP contribution in [0.2, 0.25) is 0 Å². The maximum Gasteiger partial charge on any atom is 0.103 e. The minimum Gasteiger partial charge on any atom is -0.389 e. The van der Waals surface area contributed by atoms with Crippen molar-refractivity contribution < 1.29 is 0 Å². The number of nitrogens with two attached hydrogens (primary N) is 1. The lowest BCUT2D eigenvalue weighted by molar-refractivity contribution is 0.719. The number of benzene rings is 1. The third-order valence-corrected chi connectivity index (χ3v) is 3.86. The summed E-state index contributed by atoms with van der Waals surface area (Å²) in [7, 11) is 0. The Morgan fingerprint density at radius 2 is 1.82 bits per heavy atom. The Kier molecular flexibility index (Phi) is 2.79. The molecule has 0 spiro atoms. The number of hydrogen-bond donors (Lipinski definition) is 1. The lowest BCUT2D eigenvalue weighted by Crippen LogP contribution is -2.28. The minimum atomic E-state index is 0.483. The highest BCUT2D eigenvalue weighted by atomic mass is 32.1. The first kappa shape index (κ1) is 11.0. The topological polar surface area (TPSA) is 29.3 Å². The maximum atomic E-state index is 5.62. The molecule has 3 rings (SSSR count). The fourth-order valence-electron chi connectivity index (χ4n) is 2.25. The van der Waals surface area contributed by atoms with Crippen LogP contribution in [0.1, 0.15) is 31.2 Å². The van der Waals surface area contributed by atoms with Crippen molar-refractivity contribution in [3.05, 3.63) is 29.8 Å². The van der Waals surface area contributed by atoms with E-state index in [0.717, 1.165) is 17.5 Å². The molecule has 0 saturated heterocycles. The first-order valence-electron chi connectivity index (χ1n) is 6.40. The second-order valence-electron chi connectivity index (χ2n) is 5.24. The Hall–Kier alpha value is -1.09. The van der Waals surface area contributed by atoms with E-state index in [1.807, 2.05) is 12.1 Å². The number of rotatable bonds is 5. The third kappa shape index (κ3) is 2.60. The molecule has 0 atom stereocenters. The quantitative estimate of drug-likeness (QED) is 0.810. The van der Waals surface area contributed by atoms with E-state index in [-0.39, 0.29) is 0 Å². The molecular formula is C14H18N2S. The van der Waals surface area contributed by atoms with Crippen molar-refractivity contribution in [1.82, 2.24) is 0 Å². The smallest absolute Gasteiger partial charge is 0.103 e. The van der Waals surface area contributed by atoms with Gasteiger partial charge in [0, 0.05) is 23.8 Å². The zero-order valence-corrected chi connectivity index (χ0v) is 10.7. The zero-order chi connectivity index (χ0) is 11.8. The SMILES string of the molecule is NC(=S)c1ccc(N(CC2CC2)C2CC2)cc1.